The largest absolute Gasteiger partial charge is 0.383 e. The van der Waals surface area contributed by atoms with Gasteiger partial charge in [-0.2, -0.15) is 0 Å². The van der Waals surface area contributed by atoms with E-state index in [0.29, 0.717) is 58.3 Å². The fraction of sp³-hybridized carbons (Fsp3) is 0.233. The number of hydrogen-bond donors (Lipinski definition) is 2. The number of para-hydroxylation sites is 1. The molecule has 0 saturated carbocycles. The van der Waals surface area contributed by atoms with Gasteiger partial charge in [0.15, 0.2) is 0 Å². The summed E-state index contributed by atoms with van der Waals surface area (Å²) in [6, 6.07) is 18.5. The maximum Gasteiger partial charge on any atom is 0.333 e. The minimum atomic E-state index is -1.26. The number of rotatable bonds is 5. The van der Waals surface area contributed by atoms with E-state index >= 15 is 0 Å². The summed E-state index contributed by atoms with van der Waals surface area (Å²) >= 11 is 12.3. The number of aromatic amines is 1. The van der Waals surface area contributed by atoms with Gasteiger partial charge in [0.1, 0.15) is 11.3 Å². The van der Waals surface area contributed by atoms with Crippen molar-refractivity contribution < 1.29 is 9.90 Å². The van der Waals surface area contributed by atoms with E-state index in [2.05, 4.69) is 15.3 Å². The van der Waals surface area contributed by atoms with Crippen LogP contribution in [-0.4, -0.2) is 53.5 Å². The van der Waals surface area contributed by atoms with E-state index in [1.807, 2.05) is 6.07 Å². The Morgan fingerprint density at radius 1 is 1.00 bits per heavy atom. The highest BCUT2D eigenvalue weighted by Crippen LogP contribution is 2.32. The number of aliphatic hydroxyl groups is 1. The third-order valence-corrected chi connectivity index (χ3v) is 8.21. The summed E-state index contributed by atoms with van der Waals surface area (Å²) in [5.41, 5.74) is 0.0147. The summed E-state index contributed by atoms with van der Waals surface area (Å²) in [6.07, 6.45) is 2.92. The SMILES string of the molecule is O=C(c1ccc2c(=O)n(-c3ccccc3)c(=O)[nH]c2c1)N1CCCC(O)(c2cn(Cc3ccc(Cl)cc3Cl)nn2)CC1. The number of nitrogens with one attached hydrogen (secondary N) is 1. The van der Waals surface area contributed by atoms with Crippen molar-refractivity contribution in [3.63, 3.8) is 0 Å². The van der Waals surface area contributed by atoms with Gasteiger partial charge in [-0.3, -0.25) is 9.59 Å². The van der Waals surface area contributed by atoms with Crippen molar-refractivity contribution in [2.24, 2.45) is 0 Å². The minimum Gasteiger partial charge on any atom is -0.383 e. The summed E-state index contributed by atoms with van der Waals surface area (Å²) in [6.45, 7) is 1.08. The normalized spacial score (nSPS) is 17.4. The zero-order chi connectivity index (χ0) is 29.4. The number of amides is 1. The van der Waals surface area contributed by atoms with Crippen LogP contribution in [0.1, 0.15) is 40.9 Å². The molecule has 0 aliphatic carbocycles. The smallest absolute Gasteiger partial charge is 0.333 e. The quantitative estimate of drug-likeness (QED) is 0.310. The van der Waals surface area contributed by atoms with Crippen molar-refractivity contribution in [1.29, 1.82) is 0 Å². The third-order valence-electron chi connectivity index (χ3n) is 7.62. The Bertz CT molecular complexity index is 1920. The number of fused-ring (bicyclic) bond motifs is 1. The summed E-state index contributed by atoms with van der Waals surface area (Å²) in [4.78, 5) is 43.8. The molecule has 0 spiro atoms. The highest BCUT2D eigenvalue weighted by Gasteiger charge is 2.36. The second-order valence-corrected chi connectivity index (χ2v) is 11.2. The maximum absolute atomic E-state index is 13.5. The molecule has 2 N–H and O–H groups in total. The van der Waals surface area contributed by atoms with Gasteiger partial charge in [-0.25, -0.2) is 14.0 Å². The number of halogens is 2. The number of likely N-dealkylation sites (tertiary alicyclic amines) is 1. The first-order chi connectivity index (χ1) is 20.2. The topological polar surface area (TPSA) is 126 Å². The van der Waals surface area contributed by atoms with Crippen molar-refractivity contribution in [3.8, 4) is 5.69 Å². The fourth-order valence-electron chi connectivity index (χ4n) is 5.34. The number of hydrogen-bond acceptors (Lipinski definition) is 6. The van der Waals surface area contributed by atoms with Gasteiger partial charge >= 0.3 is 5.69 Å². The highest BCUT2D eigenvalue weighted by atomic mass is 35.5. The van der Waals surface area contributed by atoms with Crippen LogP contribution in [0, 0.1) is 0 Å². The van der Waals surface area contributed by atoms with Crippen molar-refractivity contribution >= 4 is 40.0 Å². The summed E-state index contributed by atoms with van der Waals surface area (Å²) < 4.78 is 2.68. The monoisotopic (exact) mass is 604 g/mol. The van der Waals surface area contributed by atoms with Crippen molar-refractivity contribution in [1.82, 2.24) is 29.4 Å². The first-order valence-corrected chi connectivity index (χ1v) is 14.2. The number of carbonyl (C=O) groups excluding carboxylic acids is 1. The molecule has 0 bridgehead atoms. The van der Waals surface area contributed by atoms with Gasteiger partial charge in [-0.15, -0.1) is 5.10 Å². The van der Waals surface area contributed by atoms with Crippen LogP contribution in [0.3, 0.4) is 0 Å². The lowest BCUT2D eigenvalue weighted by Crippen LogP contribution is -2.35. The Kier molecular flexibility index (Phi) is 7.44. The van der Waals surface area contributed by atoms with Crippen LogP contribution in [-0.2, 0) is 12.1 Å². The van der Waals surface area contributed by atoms with Gasteiger partial charge in [0.2, 0.25) is 0 Å². The van der Waals surface area contributed by atoms with Crippen LogP contribution in [0.15, 0.2) is 82.5 Å². The molecule has 3 aromatic carbocycles. The molecule has 1 amide bonds. The minimum absolute atomic E-state index is 0.254. The van der Waals surface area contributed by atoms with E-state index in [9.17, 15) is 19.5 Å². The predicted octanol–water partition coefficient (Wildman–Crippen LogP) is 4.14. The van der Waals surface area contributed by atoms with Gasteiger partial charge in [0, 0.05) is 28.7 Å². The van der Waals surface area contributed by atoms with E-state index in [4.69, 9.17) is 23.2 Å². The molecule has 0 radical (unpaired) electrons. The van der Waals surface area contributed by atoms with Crippen molar-refractivity contribution in [2.75, 3.05) is 13.1 Å². The van der Waals surface area contributed by atoms with Crippen LogP contribution >= 0.6 is 23.2 Å². The number of H-pyrrole nitrogens is 1. The molecule has 6 rings (SSSR count). The third kappa shape index (κ3) is 5.36. The van der Waals surface area contributed by atoms with E-state index in [1.165, 1.54) is 6.07 Å². The lowest BCUT2D eigenvalue weighted by Gasteiger charge is -2.24. The van der Waals surface area contributed by atoms with E-state index in [0.717, 1.165) is 10.1 Å². The number of carbonyl (C=O) groups is 1. The number of benzene rings is 3. The lowest BCUT2D eigenvalue weighted by atomic mass is 9.92. The Balaban J connectivity index is 1.19. The first-order valence-electron chi connectivity index (χ1n) is 13.4. The average Bonchev–Trinajstić information content (AvgIpc) is 3.36. The van der Waals surface area contributed by atoms with Crippen molar-refractivity contribution in [3.05, 3.63) is 121 Å². The zero-order valence-corrected chi connectivity index (χ0v) is 23.8. The van der Waals surface area contributed by atoms with Crippen LogP contribution in [0.2, 0.25) is 10.0 Å². The first kappa shape index (κ1) is 27.9. The van der Waals surface area contributed by atoms with Gasteiger partial charge in [0.25, 0.3) is 11.5 Å². The molecule has 1 saturated heterocycles. The molecule has 3 heterocycles. The molecule has 1 aliphatic heterocycles. The van der Waals surface area contributed by atoms with E-state index in [-0.39, 0.29) is 24.4 Å². The molecule has 10 nitrogen and oxygen atoms in total. The highest BCUT2D eigenvalue weighted by molar-refractivity contribution is 6.35. The van der Waals surface area contributed by atoms with Crippen LogP contribution < -0.4 is 11.2 Å². The molecule has 42 heavy (non-hydrogen) atoms. The molecule has 1 atom stereocenters. The molecule has 2 aromatic heterocycles. The lowest BCUT2D eigenvalue weighted by molar-refractivity contribution is 0.0169. The second kappa shape index (κ2) is 11.2. The zero-order valence-electron chi connectivity index (χ0n) is 22.3. The molecule has 1 unspecified atom stereocenters. The van der Waals surface area contributed by atoms with Crippen molar-refractivity contribution in [2.45, 2.75) is 31.4 Å². The maximum atomic E-state index is 13.5. The Morgan fingerprint density at radius 3 is 2.60 bits per heavy atom. The molecule has 5 aromatic rings. The molecule has 1 fully saturated rings. The van der Waals surface area contributed by atoms with Crippen LogP contribution in [0.25, 0.3) is 16.6 Å². The Labute approximate surface area is 249 Å². The van der Waals surface area contributed by atoms with Gasteiger partial charge in [-0.05, 0) is 67.3 Å². The fourth-order valence-corrected chi connectivity index (χ4v) is 5.81. The van der Waals surface area contributed by atoms with Gasteiger partial charge < -0.3 is 15.0 Å². The van der Waals surface area contributed by atoms with Gasteiger partial charge in [0.05, 0.1) is 29.3 Å². The van der Waals surface area contributed by atoms with E-state index < -0.39 is 16.9 Å². The summed E-state index contributed by atoms with van der Waals surface area (Å²) in [5, 5.41) is 21.3. The molecule has 1 aliphatic rings. The summed E-state index contributed by atoms with van der Waals surface area (Å²) in [5.74, 6) is -0.254. The van der Waals surface area contributed by atoms with Crippen LogP contribution in [0.5, 0.6) is 0 Å². The van der Waals surface area contributed by atoms with Gasteiger partial charge in [-0.1, -0.05) is 52.7 Å². The summed E-state index contributed by atoms with van der Waals surface area (Å²) in [7, 11) is 0. The van der Waals surface area contributed by atoms with Crippen LogP contribution in [0.4, 0.5) is 0 Å². The predicted molar refractivity (Wildman–Crippen MR) is 159 cm³/mol. The standard InChI is InChI=1S/C30H26Cl2N6O4/c31-21-9-7-20(24(32)16-21)17-37-18-26(34-35-37)30(42)11-4-13-36(14-12-30)27(39)19-8-10-23-25(15-19)33-29(41)38(28(23)40)22-5-2-1-3-6-22/h1-3,5-10,15-16,18,42H,4,11-14,17H2,(H,33,41). The molecule has 12 heteroatoms. The second-order valence-electron chi connectivity index (χ2n) is 10.4. The molecular formula is C30H26Cl2N6O4. The van der Waals surface area contributed by atoms with E-state index in [1.54, 1.807) is 70.4 Å². The average molecular weight is 605 g/mol. The number of nitrogens with zero attached hydrogens (tertiary/aromatic N) is 5. The molecular weight excluding hydrogens is 579 g/mol. The Hall–Kier alpha value is -4.25. The number of aromatic nitrogens is 5. The Morgan fingerprint density at radius 2 is 1.81 bits per heavy atom. The molecule has 214 valence electrons.